The highest BCUT2D eigenvalue weighted by Gasteiger charge is 2.30. The van der Waals surface area contributed by atoms with Gasteiger partial charge in [0, 0.05) is 12.5 Å². The molecule has 0 radical (unpaired) electrons. The largest absolute Gasteiger partial charge is 0.392 e. The number of nitrogens with two attached hydrogens (primary N) is 1. The Balaban J connectivity index is 2.67. The predicted octanol–water partition coefficient (Wildman–Crippen LogP) is 2.09. The molecule has 0 aromatic heterocycles. The second kappa shape index (κ2) is 6.18. The Hall–Kier alpha value is -0.640. The fourth-order valence-corrected chi connectivity index (χ4v) is 2.58. The molecule has 92 valence electrons. The maximum atomic E-state index is 12.2. The molecule has 1 saturated heterocycles. The topological polar surface area (TPSA) is 46.3 Å². The standard InChI is InChI=1S/C12H22N2OS/c1-3-6-9(2)12(15)14-8-5-4-7-10(14)11(13)16/h9-10H,3-8H2,1-2H3,(H2,13,16). The first-order valence-electron chi connectivity index (χ1n) is 6.17. The summed E-state index contributed by atoms with van der Waals surface area (Å²) >= 11 is 5.05. The summed E-state index contributed by atoms with van der Waals surface area (Å²) < 4.78 is 0. The Kier molecular flexibility index (Phi) is 5.19. The molecule has 16 heavy (non-hydrogen) atoms. The zero-order chi connectivity index (χ0) is 12.1. The molecule has 0 bridgehead atoms. The third kappa shape index (κ3) is 3.17. The van der Waals surface area contributed by atoms with E-state index in [4.69, 9.17) is 18.0 Å². The molecule has 0 saturated carbocycles. The van der Waals surface area contributed by atoms with Crippen molar-refractivity contribution in [3.8, 4) is 0 Å². The predicted molar refractivity (Wildman–Crippen MR) is 70.2 cm³/mol. The zero-order valence-corrected chi connectivity index (χ0v) is 11.1. The van der Waals surface area contributed by atoms with Crippen LogP contribution in [0.15, 0.2) is 0 Å². The van der Waals surface area contributed by atoms with Gasteiger partial charge in [0.1, 0.15) is 0 Å². The molecule has 1 rings (SSSR count). The van der Waals surface area contributed by atoms with Crippen LogP contribution in [0.5, 0.6) is 0 Å². The van der Waals surface area contributed by atoms with Gasteiger partial charge in [-0.25, -0.2) is 0 Å². The van der Waals surface area contributed by atoms with Crippen molar-refractivity contribution in [2.24, 2.45) is 11.7 Å². The SMILES string of the molecule is CCCC(C)C(=O)N1CCCCC1C(N)=S. The van der Waals surface area contributed by atoms with Crippen molar-refractivity contribution in [2.75, 3.05) is 6.54 Å². The molecule has 0 aromatic rings. The fourth-order valence-electron chi connectivity index (χ4n) is 2.33. The molecule has 1 aliphatic heterocycles. The first-order valence-corrected chi connectivity index (χ1v) is 6.58. The molecular weight excluding hydrogens is 220 g/mol. The molecule has 1 aliphatic rings. The molecule has 0 aromatic carbocycles. The van der Waals surface area contributed by atoms with Gasteiger partial charge in [0.15, 0.2) is 0 Å². The highest BCUT2D eigenvalue weighted by Crippen LogP contribution is 2.21. The van der Waals surface area contributed by atoms with Crippen LogP contribution in [0.25, 0.3) is 0 Å². The maximum Gasteiger partial charge on any atom is 0.225 e. The van der Waals surface area contributed by atoms with Crippen molar-refractivity contribution >= 4 is 23.1 Å². The van der Waals surface area contributed by atoms with E-state index in [-0.39, 0.29) is 17.9 Å². The second-order valence-corrected chi connectivity index (χ2v) is 5.11. The number of likely N-dealkylation sites (tertiary alicyclic amines) is 1. The molecule has 1 heterocycles. The van der Waals surface area contributed by atoms with Crippen molar-refractivity contribution in [3.63, 3.8) is 0 Å². The Bertz CT molecular complexity index is 268. The molecular formula is C12H22N2OS. The summed E-state index contributed by atoms with van der Waals surface area (Å²) in [6, 6.07) is -0.00411. The molecule has 2 N–H and O–H groups in total. The van der Waals surface area contributed by atoms with E-state index in [0.29, 0.717) is 4.99 Å². The summed E-state index contributed by atoms with van der Waals surface area (Å²) in [5, 5.41) is 0. The van der Waals surface area contributed by atoms with Crippen LogP contribution in [0.1, 0.15) is 46.0 Å². The normalized spacial score (nSPS) is 22.9. The smallest absolute Gasteiger partial charge is 0.225 e. The van der Waals surface area contributed by atoms with E-state index >= 15 is 0 Å². The Labute approximate surface area is 103 Å². The van der Waals surface area contributed by atoms with Crippen molar-refractivity contribution in [1.29, 1.82) is 0 Å². The minimum Gasteiger partial charge on any atom is -0.392 e. The van der Waals surface area contributed by atoms with Crippen LogP contribution in [0.3, 0.4) is 0 Å². The molecule has 0 aliphatic carbocycles. The maximum absolute atomic E-state index is 12.2. The molecule has 4 heteroatoms. The van der Waals surface area contributed by atoms with Gasteiger partial charge in [-0.1, -0.05) is 32.5 Å². The molecule has 3 nitrogen and oxygen atoms in total. The van der Waals surface area contributed by atoms with Crippen LogP contribution in [-0.4, -0.2) is 28.4 Å². The number of piperidine rings is 1. The van der Waals surface area contributed by atoms with Crippen LogP contribution in [-0.2, 0) is 4.79 Å². The summed E-state index contributed by atoms with van der Waals surface area (Å²) in [7, 11) is 0. The molecule has 0 spiro atoms. The number of rotatable bonds is 4. The van der Waals surface area contributed by atoms with Gasteiger partial charge in [-0.15, -0.1) is 0 Å². The van der Waals surface area contributed by atoms with Crippen LogP contribution in [0.2, 0.25) is 0 Å². The van der Waals surface area contributed by atoms with Crippen LogP contribution in [0.4, 0.5) is 0 Å². The highest BCUT2D eigenvalue weighted by atomic mass is 32.1. The second-order valence-electron chi connectivity index (χ2n) is 4.64. The molecule has 1 amide bonds. The van der Waals surface area contributed by atoms with Gasteiger partial charge in [-0.05, 0) is 25.7 Å². The summed E-state index contributed by atoms with van der Waals surface area (Å²) in [6.45, 7) is 4.91. The number of thiocarbonyl (C=S) groups is 1. The first-order chi connectivity index (χ1) is 7.57. The third-order valence-electron chi connectivity index (χ3n) is 3.26. The average molecular weight is 242 g/mol. The van der Waals surface area contributed by atoms with Crippen LogP contribution >= 0.6 is 12.2 Å². The lowest BCUT2D eigenvalue weighted by Gasteiger charge is -2.36. The van der Waals surface area contributed by atoms with E-state index in [2.05, 4.69) is 6.92 Å². The average Bonchev–Trinajstić information content (AvgIpc) is 2.28. The van der Waals surface area contributed by atoms with E-state index < -0.39 is 0 Å². The quantitative estimate of drug-likeness (QED) is 0.768. The van der Waals surface area contributed by atoms with E-state index in [1.165, 1.54) is 0 Å². The van der Waals surface area contributed by atoms with Crippen molar-refractivity contribution in [1.82, 2.24) is 4.90 Å². The number of carbonyl (C=O) groups excluding carboxylic acids is 1. The molecule has 2 unspecified atom stereocenters. The Morgan fingerprint density at radius 1 is 1.56 bits per heavy atom. The number of carbonyl (C=O) groups is 1. The summed E-state index contributed by atoms with van der Waals surface area (Å²) in [5.41, 5.74) is 5.71. The van der Waals surface area contributed by atoms with E-state index in [1.807, 2.05) is 11.8 Å². The van der Waals surface area contributed by atoms with Crippen molar-refractivity contribution in [2.45, 2.75) is 52.0 Å². The lowest BCUT2D eigenvalue weighted by atomic mass is 9.98. The zero-order valence-electron chi connectivity index (χ0n) is 10.2. The van der Waals surface area contributed by atoms with Crippen LogP contribution in [0, 0.1) is 5.92 Å². The van der Waals surface area contributed by atoms with Gasteiger partial charge in [-0.2, -0.15) is 0 Å². The van der Waals surface area contributed by atoms with Gasteiger partial charge in [-0.3, -0.25) is 4.79 Å². The van der Waals surface area contributed by atoms with E-state index in [1.54, 1.807) is 0 Å². The van der Waals surface area contributed by atoms with Gasteiger partial charge in [0.25, 0.3) is 0 Å². The van der Waals surface area contributed by atoms with Gasteiger partial charge in [0.2, 0.25) is 5.91 Å². The lowest BCUT2D eigenvalue weighted by molar-refractivity contribution is -0.137. The Morgan fingerprint density at radius 3 is 2.81 bits per heavy atom. The summed E-state index contributed by atoms with van der Waals surface area (Å²) in [6.07, 6.45) is 5.11. The number of hydrogen-bond donors (Lipinski definition) is 1. The van der Waals surface area contributed by atoms with Crippen molar-refractivity contribution < 1.29 is 4.79 Å². The number of amides is 1. The monoisotopic (exact) mass is 242 g/mol. The summed E-state index contributed by atoms with van der Waals surface area (Å²) in [5.74, 6) is 0.319. The summed E-state index contributed by atoms with van der Waals surface area (Å²) in [4.78, 5) is 14.6. The molecule has 2 atom stereocenters. The molecule has 1 fully saturated rings. The third-order valence-corrected chi connectivity index (χ3v) is 3.53. The number of hydrogen-bond acceptors (Lipinski definition) is 2. The minimum atomic E-state index is -0.00411. The van der Waals surface area contributed by atoms with E-state index in [9.17, 15) is 4.79 Å². The number of nitrogens with zero attached hydrogens (tertiary/aromatic N) is 1. The highest BCUT2D eigenvalue weighted by molar-refractivity contribution is 7.80. The lowest BCUT2D eigenvalue weighted by Crippen LogP contribution is -2.51. The van der Waals surface area contributed by atoms with Crippen LogP contribution < -0.4 is 5.73 Å². The van der Waals surface area contributed by atoms with Gasteiger partial charge in [0.05, 0.1) is 11.0 Å². The van der Waals surface area contributed by atoms with Gasteiger partial charge < -0.3 is 10.6 Å². The van der Waals surface area contributed by atoms with E-state index in [0.717, 1.165) is 38.6 Å². The van der Waals surface area contributed by atoms with Gasteiger partial charge >= 0.3 is 0 Å². The minimum absolute atomic E-state index is 0.00411. The van der Waals surface area contributed by atoms with Crippen molar-refractivity contribution in [3.05, 3.63) is 0 Å². The first kappa shape index (κ1) is 13.4. The Morgan fingerprint density at radius 2 is 2.25 bits per heavy atom. The fraction of sp³-hybridized carbons (Fsp3) is 0.833.